The van der Waals surface area contributed by atoms with E-state index >= 15 is 0 Å². The van der Waals surface area contributed by atoms with Crippen molar-refractivity contribution in [1.29, 1.82) is 0 Å². The molecule has 168 valence electrons. The normalized spacial score (nSPS) is 12.8. The minimum atomic E-state index is -0.526. The second-order valence-electron chi connectivity index (χ2n) is 7.77. The van der Waals surface area contributed by atoms with Gasteiger partial charge < -0.3 is 10.2 Å². The molecule has 0 saturated carbocycles. The summed E-state index contributed by atoms with van der Waals surface area (Å²) in [5, 5.41) is 3.64. The number of amides is 2. The van der Waals surface area contributed by atoms with Crippen LogP contribution in [0.5, 0.6) is 0 Å². The zero-order valence-electron chi connectivity index (χ0n) is 18.9. The predicted molar refractivity (Wildman–Crippen MR) is 130 cm³/mol. The van der Waals surface area contributed by atoms with Crippen molar-refractivity contribution < 1.29 is 9.59 Å². The Balaban J connectivity index is 2.14. The quantitative estimate of drug-likeness (QED) is 0.427. The molecular weight excluding hydrogens is 428 g/mol. The minimum Gasteiger partial charge on any atom is -0.352 e. The van der Waals surface area contributed by atoms with Crippen molar-refractivity contribution in [3.63, 3.8) is 0 Å². The van der Waals surface area contributed by atoms with Crippen LogP contribution >= 0.6 is 23.4 Å². The van der Waals surface area contributed by atoms with Gasteiger partial charge in [0.25, 0.3) is 0 Å². The van der Waals surface area contributed by atoms with Gasteiger partial charge in [0.05, 0.1) is 0 Å². The van der Waals surface area contributed by atoms with Gasteiger partial charge in [-0.3, -0.25) is 9.59 Å². The van der Waals surface area contributed by atoms with Crippen LogP contribution in [-0.4, -0.2) is 34.6 Å². The van der Waals surface area contributed by atoms with Gasteiger partial charge in [-0.05, 0) is 50.5 Å². The third-order valence-corrected chi connectivity index (χ3v) is 6.67. The Labute approximate surface area is 195 Å². The van der Waals surface area contributed by atoms with Gasteiger partial charge in [-0.1, -0.05) is 61.3 Å². The van der Waals surface area contributed by atoms with Crippen LogP contribution in [-0.2, 0) is 16.1 Å². The minimum absolute atomic E-state index is 0.0364. The molecule has 0 unspecified atom stereocenters. The molecule has 0 bridgehead atoms. The van der Waals surface area contributed by atoms with Crippen LogP contribution in [0.4, 0.5) is 0 Å². The summed E-state index contributed by atoms with van der Waals surface area (Å²) in [6, 6.07) is 15.3. The second-order valence-corrected chi connectivity index (χ2v) is 9.34. The lowest BCUT2D eigenvalue weighted by Gasteiger charge is -2.31. The molecule has 0 aromatic heterocycles. The Bertz CT molecular complexity index is 857. The van der Waals surface area contributed by atoms with E-state index in [1.54, 1.807) is 16.7 Å². The molecule has 0 radical (unpaired) electrons. The van der Waals surface area contributed by atoms with E-state index in [4.69, 9.17) is 11.6 Å². The zero-order chi connectivity index (χ0) is 22.8. The van der Waals surface area contributed by atoms with E-state index in [1.807, 2.05) is 45.0 Å². The highest BCUT2D eigenvalue weighted by Gasteiger charge is 2.29. The number of halogens is 1. The number of benzene rings is 2. The van der Waals surface area contributed by atoms with Gasteiger partial charge in [0, 0.05) is 34.7 Å². The van der Waals surface area contributed by atoms with Gasteiger partial charge in [0.1, 0.15) is 6.04 Å². The van der Waals surface area contributed by atoms with Gasteiger partial charge in [-0.15, -0.1) is 11.8 Å². The van der Waals surface area contributed by atoms with Crippen molar-refractivity contribution >= 4 is 35.2 Å². The van der Waals surface area contributed by atoms with Gasteiger partial charge in [-0.25, -0.2) is 0 Å². The van der Waals surface area contributed by atoms with E-state index in [1.165, 1.54) is 5.56 Å². The van der Waals surface area contributed by atoms with Gasteiger partial charge in [0.2, 0.25) is 11.8 Å². The molecule has 2 atom stereocenters. The molecule has 2 amide bonds. The Hall–Kier alpha value is -1.98. The number of rotatable bonds is 11. The first-order chi connectivity index (χ1) is 14.8. The van der Waals surface area contributed by atoms with Crippen LogP contribution in [0.15, 0.2) is 53.4 Å². The van der Waals surface area contributed by atoms with Crippen LogP contribution in [0, 0.1) is 6.92 Å². The molecule has 2 aromatic carbocycles. The average molecular weight is 461 g/mol. The van der Waals surface area contributed by atoms with Crippen molar-refractivity contribution in [3.8, 4) is 0 Å². The molecule has 0 aliphatic heterocycles. The second kappa shape index (κ2) is 12.8. The standard InChI is InChI=1S/C25H33ClN2O2S/c1-5-19(4)27-25(30)23(6-2)28(17-20-9-7-8-10-22(20)26)24(29)15-16-31-21-13-11-18(3)12-14-21/h7-14,19,23H,5-6,15-17H2,1-4H3,(H,27,30)/t19-,23+/m0/s1. The first-order valence-corrected chi connectivity index (χ1v) is 12.2. The lowest BCUT2D eigenvalue weighted by Crippen LogP contribution is -2.50. The lowest BCUT2D eigenvalue weighted by atomic mass is 10.1. The fourth-order valence-corrected chi connectivity index (χ4v) is 4.24. The zero-order valence-corrected chi connectivity index (χ0v) is 20.4. The SMILES string of the molecule is CC[C@H](C(=O)N[C@@H](C)CC)N(Cc1ccccc1Cl)C(=O)CCSc1ccc(C)cc1. The number of nitrogens with zero attached hydrogens (tertiary/aromatic N) is 1. The number of nitrogens with one attached hydrogen (secondary N) is 1. The van der Waals surface area contributed by atoms with Crippen LogP contribution in [0.3, 0.4) is 0 Å². The molecule has 0 spiro atoms. The molecule has 0 aliphatic rings. The first kappa shape index (κ1) is 25.3. The van der Waals surface area contributed by atoms with Crippen LogP contribution < -0.4 is 5.32 Å². The maximum atomic E-state index is 13.3. The number of thioether (sulfide) groups is 1. The van der Waals surface area contributed by atoms with E-state index < -0.39 is 6.04 Å². The number of aryl methyl sites for hydroxylation is 1. The highest BCUT2D eigenvalue weighted by atomic mass is 35.5. The fourth-order valence-electron chi connectivity index (χ4n) is 3.21. The molecule has 0 heterocycles. The summed E-state index contributed by atoms with van der Waals surface area (Å²) in [4.78, 5) is 29.0. The fraction of sp³-hybridized carbons (Fsp3) is 0.440. The summed E-state index contributed by atoms with van der Waals surface area (Å²) >= 11 is 8.01. The Morgan fingerprint density at radius 1 is 1.06 bits per heavy atom. The number of carbonyl (C=O) groups excluding carboxylic acids is 2. The first-order valence-electron chi connectivity index (χ1n) is 10.9. The summed E-state index contributed by atoms with van der Waals surface area (Å²) in [7, 11) is 0. The van der Waals surface area contributed by atoms with E-state index in [9.17, 15) is 9.59 Å². The van der Waals surface area contributed by atoms with Crippen LogP contribution in [0.1, 0.15) is 51.2 Å². The third kappa shape index (κ3) is 7.89. The smallest absolute Gasteiger partial charge is 0.243 e. The van der Waals surface area contributed by atoms with Crippen molar-refractivity contribution in [2.24, 2.45) is 0 Å². The summed E-state index contributed by atoms with van der Waals surface area (Å²) in [5.74, 6) is 0.513. The van der Waals surface area contributed by atoms with Crippen molar-refractivity contribution in [2.75, 3.05) is 5.75 Å². The number of hydrogen-bond donors (Lipinski definition) is 1. The van der Waals surface area contributed by atoms with Crippen molar-refractivity contribution in [1.82, 2.24) is 10.2 Å². The number of carbonyl (C=O) groups is 2. The molecule has 0 aliphatic carbocycles. The topological polar surface area (TPSA) is 49.4 Å². The van der Waals surface area contributed by atoms with Crippen molar-refractivity contribution in [2.45, 2.75) is 70.5 Å². The number of hydrogen-bond acceptors (Lipinski definition) is 3. The van der Waals surface area contributed by atoms with Crippen LogP contribution in [0.2, 0.25) is 5.02 Å². The lowest BCUT2D eigenvalue weighted by molar-refractivity contribution is -0.141. The molecule has 31 heavy (non-hydrogen) atoms. The Morgan fingerprint density at radius 3 is 2.35 bits per heavy atom. The molecule has 4 nitrogen and oxygen atoms in total. The largest absolute Gasteiger partial charge is 0.352 e. The van der Waals surface area contributed by atoms with E-state index in [2.05, 4.69) is 36.5 Å². The molecular formula is C25H33ClN2O2S. The molecule has 6 heteroatoms. The maximum absolute atomic E-state index is 13.3. The van der Waals surface area contributed by atoms with Crippen molar-refractivity contribution in [3.05, 3.63) is 64.7 Å². The molecule has 2 rings (SSSR count). The monoisotopic (exact) mass is 460 g/mol. The average Bonchev–Trinajstić information content (AvgIpc) is 2.76. The predicted octanol–water partition coefficient (Wildman–Crippen LogP) is 5.85. The van der Waals surface area contributed by atoms with E-state index in [0.717, 1.165) is 16.9 Å². The summed E-state index contributed by atoms with van der Waals surface area (Å²) in [6.07, 6.45) is 1.74. The Kier molecular flexibility index (Phi) is 10.4. The van der Waals surface area contributed by atoms with Crippen LogP contribution in [0.25, 0.3) is 0 Å². The summed E-state index contributed by atoms with van der Waals surface area (Å²) in [5.41, 5.74) is 2.06. The molecule has 0 saturated heterocycles. The van der Waals surface area contributed by atoms with Gasteiger partial charge in [0.15, 0.2) is 0 Å². The highest BCUT2D eigenvalue weighted by Crippen LogP contribution is 2.23. The molecule has 0 fully saturated rings. The maximum Gasteiger partial charge on any atom is 0.243 e. The van der Waals surface area contributed by atoms with E-state index in [-0.39, 0.29) is 17.9 Å². The summed E-state index contributed by atoms with van der Waals surface area (Å²) in [6.45, 7) is 8.32. The molecule has 2 aromatic rings. The highest BCUT2D eigenvalue weighted by molar-refractivity contribution is 7.99. The Morgan fingerprint density at radius 2 is 1.74 bits per heavy atom. The van der Waals surface area contributed by atoms with Gasteiger partial charge in [-0.2, -0.15) is 0 Å². The third-order valence-electron chi connectivity index (χ3n) is 5.29. The molecule has 1 N–H and O–H groups in total. The van der Waals surface area contributed by atoms with E-state index in [0.29, 0.717) is 30.2 Å². The van der Waals surface area contributed by atoms with Gasteiger partial charge >= 0.3 is 0 Å². The summed E-state index contributed by atoms with van der Waals surface area (Å²) < 4.78 is 0.